The van der Waals surface area contributed by atoms with E-state index in [0.29, 0.717) is 17.8 Å². The molecule has 0 N–H and O–H groups in total. The van der Waals surface area contributed by atoms with Crippen molar-refractivity contribution in [3.8, 4) is 10.6 Å². The molecule has 0 spiro atoms. The second-order valence-electron chi connectivity index (χ2n) is 5.83. The predicted molar refractivity (Wildman–Crippen MR) is 103 cm³/mol. The third-order valence-corrected chi connectivity index (χ3v) is 5.70. The average molecular weight is 431 g/mol. The molecule has 26 heavy (non-hydrogen) atoms. The number of amides is 1. The normalized spacial score (nSPS) is 11.2. The zero-order valence-electron chi connectivity index (χ0n) is 14.1. The largest absolute Gasteiger partial charge is 0.336 e. The van der Waals surface area contributed by atoms with Gasteiger partial charge in [0.25, 0.3) is 5.91 Å². The molecule has 4 heterocycles. The maximum Gasteiger partial charge on any atom is 0.259 e. The molecule has 9 heteroatoms. The van der Waals surface area contributed by atoms with Crippen LogP contribution in [0.1, 0.15) is 16.1 Å². The number of halogens is 1. The lowest BCUT2D eigenvalue weighted by molar-refractivity contribution is 0.0783. The summed E-state index contributed by atoms with van der Waals surface area (Å²) in [5, 5.41) is 10.6. The van der Waals surface area contributed by atoms with Crippen molar-refractivity contribution in [2.75, 3.05) is 7.05 Å². The number of aromatic nitrogens is 5. The number of carbonyl (C=O) groups excluding carboxylic acids is 1. The van der Waals surface area contributed by atoms with Gasteiger partial charge in [0, 0.05) is 20.3 Å². The molecular formula is C17H15BrN6OS. The van der Waals surface area contributed by atoms with E-state index in [1.807, 2.05) is 30.6 Å². The first-order valence-electron chi connectivity index (χ1n) is 7.84. The van der Waals surface area contributed by atoms with Gasteiger partial charge in [-0.05, 0) is 33.4 Å². The highest BCUT2D eigenvalue weighted by Crippen LogP contribution is 2.26. The summed E-state index contributed by atoms with van der Waals surface area (Å²) in [6, 6.07) is 5.91. The molecule has 0 bridgehead atoms. The summed E-state index contributed by atoms with van der Waals surface area (Å²) < 4.78 is 4.34. The zero-order chi connectivity index (χ0) is 18.3. The number of aryl methyl sites for hydroxylation is 1. The average Bonchev–Trinajstić information content (AvgIpc) is 3.37. The predicted octanol–water partition coefficient (Wildman–Crippen LogP) is 3.23. The minimum Gasteiger partial charge on any atom is -0.336 e. The van der Waals surface area contributed by atoms with Crippen LogP contribution in [0.25, 0.3) is 16.2 Å². The highest BCUT2D eigenvalue weighted by molar-refractivity contribution is 9.10. The number of rotatable bonds is 4. The summed E-state index contributed by atoms with van der Waals surface area (Å²) in [5.74, 6) is -0.135. The van der Waals surface area contributed by atoms with Crippen molar-refractivity contribution in [1.29, 1.82) is 0 Å². The lowest BCUT2D eigenvalue weighted by atomic mass is 10.2. The van der Waals surface area contributed by atoms with Gasteiger partial charge in [-0.15, -0.1) is 11.3 Å². The minimum absolute atomic E-state index is 0.135. The molecular weight excluding hydrogens is 416 g/mol. The highest BCUT2D eigenvalue weighted by Gasteiger charge is 2.21. The van der Waals surface area contributed by atoms with Crippen molar-refractivity contribution in [2.45, 2.75) is 6.54 Å². The maximum atomic E-state index is 13.0. The van der Waals surface area contributed by atoms with Crippen molar-refractivity contribution < 1.29 is 4.79 Å². The molecule has 7 nitrogen and oxygen atoms in total. The number of carbonyl (C=O) groups is 1. The molecule has 0 unspecified atom stereocenters. The number of fused-ring (bicyclic) bond motifs is 1. The molecule has 0 aliphatic heterocycles. The first kappa shape index (κ1) is 16.9. The third kappa shape index (κ3) is 2.82. The van der Waals surface area contributed by atoms with Gasteiger partial charge in [0.2, 0.25) is 0 Å². The fraction of sp³-hybridized carbons (Fsp3) is 0.176. The van der Waals surface area contributed by atoms with Gasteiger partial charge < -0.3 is 4.90 Å². The van der Waals surface area contributed by atoms with Gasteiger partial charge in [0.1, 0.15) is 5.56 Å². The first-order valence-corrected chi connectivity index (χ1v) is 9.52. The Labute approximate surface area is 162 Å². The molecule has 0 aromatic carbocycles. The second-order valence-corrected chi connectivity index (χ2v) is 7.63. The van der Waals surface area contributed by atoms with E-state index >= 15 is 0 Å². The Bertz CT molecular complexity index is 1060. The number of hydrogen-bond acceptors (Lipinski definition) is 5. The van der Waals surface area contributed by atoms with Gasteiger partial charge in [-0.3, -0.25) is 9.48 Å². The third-order valence-electron chi connectivity index (χ3n) is 4.15. The van der Waals surface area contributed by atoms with Crippen LogP contribution >= 0.6 is 27.3 Å². The van der Waals surface area contributed by atoms with Gasteiger partial charge in [-0.1, -0.05) is 6.07 Å². The van der Waals surface area contributed by atoms with E-state index < -0.39 is 0 Å². The molecule has 4 aromatic rings. The van der Waals surface area contributed by atoms with Crippen molar-refractivity contribution >= 4 is 38.8 Å². The molecule has 0 aliphatic rings. The van der Waals surface area contributed by atoms with Gasteiger partial charge in [0.15, 0.2) is 5.65 Å². The molecule has 4 rings (SSSR count). The van der Waals surface area contributed by atoms with Crippen molar-refractivity contribution in [3.05, 3.63) is 57.9 Å². The SMILES string of the molecule is CN(Cc1c(Br)cnn1C)C(=O)c1cnn2c(-c3cccs3)ccnc12. The standard InChI is InChI=1S/C17H15BrN6OS/c1-22(10-14-12(18)9-20-23(14)2)17(25)11-8-21-24-13(5-6-19-16(11)24)15-4-3-7-26-15/h3-9H,10H2,1-2H3. The summed E-state index contributed by atoms with van der Waals surface area (Å²) in [5.41, 5.74) is 2.87. The molecule has 0 radical (unpaired) electrons. The van der Waals surface area contributed by atoms with E-state index in [9.17, 15) is 4.79 Å². The summed E-state index contributed by atoms with van der Waals surface area (Å²) in [7, 11) is 3.61. The van der Waals surface area contributed by atoms with Crippen molar-refractivity contribution in [3.63, 3.8) is 0 Å². The van der Waals surface area contributed by atoms with Crippen LogP contribution < -0.4 is 0 Å². The Morgan fingerprint density at radius 3 is 2.85 bits per heavy atom. The van der Waals surface area contributed by atoms with Crippen LogP contribution in [0.2, 0.25) is 0 Å². The summed E-state index contributed by atoms with van der Waals surface area (Å²) in [4.78, 5) is 20.0. The van der Waals surface area contributed by atoms with E-state index in [4.69, 9.17) is 0 Å². The Balaban J connectivity index is 1.68. The molecule has 0 atom stereocenters. The molecule has 0 saturated carbocycles. The topological polar surface area (TPSA) is 68.3 Å². The quantitative estimate of drug-likeness (QED) is 0.498. The molecule has 0 saturated heterocycles. The zero-order valence-corrected chi connectivity index (χ0v) is 16.5. The second kappa shape index (κ2) is 6.65. The van der Waals surface area contributed by atoms with Crippen LogP contribution in [-0.2, 0) is 13.6 Å². The van der Waals surface area contributed by atoms with Crippen LogP contribution in [0.3, 0.4) is 0 Å². The van der Waals surface area contributed by atoms with E-state index in [-0.39, 0.29) is 5.91 Å². The number of nitrogens with zero attached hydrogens (tertiary/aromatic N) is 6. The molecule has 4 aromatic heterocycles. The Morgan fingerprint density at radius 2 is 2.15 bits per heavy atom. The summed E-state index contributed by atoms with van der Waals surface area (Å²) in [6.07, 6.45) is 5.01. The van der Waals surface area contributed by atoms with E-state index in [2.05, 4.69) is 31.1 Å². The Kier molecular flexibility index (Phi) is 4.33. The molecule has 132 valence electrons. The van der Waals surface area contributed by atoms with Crippen LogP contribution in [0.15, 0.2) is 46.6 Å². The fourth-order valence-corrected chi connectivity index (χ4v) is 3.98. The van der Waals surface area contributed by atoms with Gasteiger partial charge in [0.05, 0.1) is 39.7 Å². The van der Waals surface area contributed by atoms with E-state index in [1.54, 1.807) is 51.1 Å². The number of hydrogen-bond donors (Lipinski definition) is 0. The lowest BCUT2D eigenvalue weighted by Crippen LogP contribution is -2.27. The van der Waals surface area contributed by atoms with E-state index in [1.165, 1.54) is 0 Å². The Morgan fingerprint density at radius 1 is 1.31 bits per heavy atom. The van der Waals surface area contributed by atoms with Crippen molar-refractivity contribution in [2.24, 2.45) is 7.05 Å². The van der Waals surface area contributed by atoms with Gasteiger partial charge >= 0.3 is 0 Å². The van der Waals surface area contributed by atoms with Crippen LogP contribution in [0.4, 0.5) is 0 Å². The van der Waals surface area contributed by atoms with Gasteiger partial charge in [-0.2, -0.15) is 10.2 Å². The fourth-order valence-electron chi connectivity index (χ4n) is 2.77. The van der Waals surface area contributed by atoms with Gasteiger partial charge in [-0.25, -0.2) is 9.50 Å². The molecule has 0 fully saturated rings. The van der Waals surface area contributed by atoms with Crippen molar-refractivity contribution in [1.82, 2.24) is 29.3 Å². The summed E-state index contributed by atoms with van der Waals surface area (Å²) >= 11 is 5.09. The molecule has 1 amide bonds. The first-order chi connectivity index (χ1) is 12.6. The highest BCUT2D eigenvalue weighted by atomic mass is 79.9. The smallest absolute Gasteiger partial charge is 0.259 e. The Hall–Kier alpha value is -2.52. The summed E-state index contributed by atoms with van der Waals surface area (Å²) in [6.45, 7) is 0.428. The van der Waals surface area contributed by atoms with Crippen LogP contribution in [0, 0.1) is 0 Å². The monoisotopic (exact) mass is 430 g/mol. The van der Waals surface area contributed by atoms with Crippen LogP contribution in [0.5, 0.6) is 0 Å². The van der Waals surface area contributed by atoms with E-state index in [0.717, 1.165) is 20.7 Å². The number of thiophene rings is 1. The lowest BCUT2D eigenvalue weighted by Gasteiger charge is -2.17. The minimum atomic E-state index is -0.135. The maximum absolute atomic E-state index is 13.0. The molecule has 0 aliphatic carbocycles. The van der Waals surface area contributed by atoms with Crippen LogP contribution in [-0.4, -0.2) is 42.2 Å².